The first-order valence-corrected chi connectivity index (χ1v) is 16.5. The van der Waals surface area contributed by atoms with Gasteiger partial charge in [0.15, 0.2) is 0 Å². The number of thiophene rings is 1. The van der Waals surface area contributed by atoms with Crippen molar-refractivity contribution in [3.8, 4) is 0 Å². The minimum Gasteiger partial charge on any atom is -0.310 e. The van der Waals surface area contributed by atoms with Crippen LogP contribution in [0.25, 0.3) is 30.9 Å². The normalized spacial score (nSPS) is 15.1. The number of rotatable bonds is 5. The van der Waals surface area contributed by atoms with Crippen LogP contribution in [0.4, 0.5) is 17.1 Å². The van der Waals surface area contributed by atoms with Gasteiger partial charge in [-0.05, 0) is 77.2 Å². The molecule has 0 amide bonds. The molecular formula is C41H35NS. The fourth-order valence-electron chi connectivity index (χ4n) is 7.38. The van der Waals surface area contributed by atoms with E-state index < -0.39 is 0 Å². The van der Waals surface area contributed by atoms with E-state index >= 15 is 0 Å². The van der Waals surface area contributed by atoms with Crippen LogP contribution in [-0.4, -0.2) is 0 Å². The maximum absolute atomic E-state index is 2.43. The Hall–Kier alpha value is -4.40. The summed E-state index contributed by atoms with van der Waals surface area (Å²) in [6.45, 7) is 0. The third-order valence-corrected chi connectivity index (χ3v) is 10.7. The highest BCUT2D eigenvalue weighted by Crippen LogP contribution is 2.46. The molecule has 1 aromatic heterocycles. The summed E-state index contributed by atoms with van der Waals surface area (Å²) in [6, 6.07) is 52.0. The Morgan fingerprint density at radius 2 is 1.05 bits per heavy atom. The first-order valence-electron chi connectivity index (χ1n) is 15.6. The molecule has 7 aromatic rings. The number of hydrogen-bond donors (Lipinski definition) is 0. The van der Waals surface area contributed by atoms with Crippen molar-refractivity contribution in [1.82, 2.24) is 0 Å². The van der Waals surface area contributed by atoms with Gasteiger partial charge in [0.1, 0.15) is 0 Å². The van der Waals surface area contributed by atoms with Crippen molar-refractivity contribution in [1.29, 1.82) is 0 Å². The zero-order chi connectivity index (χ0) is 28.6. The van der Waals surface area contributed by atoms with Gasteiger partial charge in [-0.25, -0.2) is 0 Å². The molecule has 1 aliphatic rings. The zero-order valence-electron chi connectivity index (χ0n) is 24.4. The van der Waals surface area contributed by atoms with Crippen LogP contribution < -0.4 is 4.90 Å². The second-order valence-electron chi connectivity index (χ2n) is 12.1. The SMILES string of the molecule is c1ccc(C2(c3ccc(N(c4ccc5ccccc5c4)c4ccc5c(c4)sc4ccccc45)cc3)CCCCCC2)cc1. The average molecular weight is 574 g/mol. The molecule has 0 N–H and O–H groups in total. The van der Waals surface area contributed by atoms with Crippen LogP contribution in [0.3, 0.4) is 0 Å². The van der Waals surface area contributed by atoms with Gasteiger partial charge in [0.2, 0.25) is 0 Å². The lowest BCUT2D eigenvalue weighted by molar-refractivity contribution is 0.446. The molecule has 6 aromatic carbocycles. The Bertz CT molecular complexity index is 2030. The molecule has 210 valence electrons. The molecule has 0 radical (unpaired) electrons. The summed E-state index contributed by atoms with van der Waals surface area (Å²) in [5.74, 6) is 0. The summed E-state index contributed by atoms with van der Waals surface area (Å²) in [4.78, 5) is 2.43. The first kappa shape index (κ1) is 26.2. The van der Waals surface area contributed by atoms with E-state index in [0.29, 0.717) is 0 Å². The minimum atomic E-state index is 0.0834. The van der Waals surface area contributed by atoms with Gasteiger partial charge in [0.25, 0.3) is 0 Å². The van der Waals surface area contributed by atoms with Crippen LogP contribution in [0.2, 0.25) is 0 Å². The van der Waals surface area contributed by atoms with Gasteiger partial charge in [0.05, 0.1) is 0 Å². The van der Waals surface area contributed by atoms with E-state index in [1.165, 1.54) is 97.7 Å². The maximum atomic E-state index is 2.43. The molecule has 0 saturated heterocycles. The van der Waals surface area contributed by atoms with Crippen LogP contribution >= 0.6 is 11.3 Å². The Balaban J connectivity index is 1.27. The van der Waals surface area contributed by atoms with Crippen molar-refractivity contribution < 1.29 is 0 Å². The predicted molar refractivity (Wildman–Crippen MR) is 186 cm³/mol. The Morgan fingerprint density at radius 1 is 0.442 bits per heavy atom. The van der Waals surface area contributed by atoms with Gasteiger partial charge in [-0.1, -0.05) is 123 Å². The molecule has 1 aliphatic carbocycles. The third kappa shape index (κ3) is 4.71. The minimum absolute atomic E-state index is 0.0834. The molecule has 1 saturated carbocycles. The largest absolute Gasteiger partial charge is 0.310 e. The average Bonchev–Trinajstić information content (AvgIpc) is 3.25. The number of nitrogens with zero attached hydrogens (tertiary/aromatic N) is 1. The Kier molecular flexibility index (Phi) is 6.73. The van der Waals surface area contributed by atoms with Gasteiger partial charge >= 0.3 is 0 Å². The molecule has 1 nitrogen and oxygen atoms in total. The lowest BCUT2D eigenvalue weighted by Crippen LogP contribution is -2.27. The van der Waals surface area contributed by atoms with Crippen molar-refractivity contribution >= 4 is 59.3 Å². The number of hydrogen-bond acceptors (Lipinski definition) is 2. The van der Waals surface area contributed by atoms with Crippen LogP contribution in [0.15, 0.2) is 140 Å². The molecule has 0 aliphatic heterocycles. The van der Waals surface area contributed by atoms with Crippen molar-refractivity contribution in [3.63, 3.8) is 0 Å². The van der Waals surface area contributed by atoms with E-state index in [2.05, 4.69) is 144 Å². The molecule has 8 rings (SSSR count). The molecular weight excluding hydrogens is 539 g/mol. The van der Waals surface area contributed by atoms with Gasteiger partial charge in [-0.15, -0.1) is 11.3 Å². The topological polar surface area (TPSA) is 3.24 Å². The molecule has 0 atom stereocenters. The van der Waals surface area contributed by atoms with Gasteiger partial charge < -0.3 is 4.90 Å². The van der Waals surface area contributed by atoms with Crippen LogP contribution in [0.5, 0.6) is 0 Å². The highest BCUT2D eigenvalue weighted by molar-refractivity contribution is 7.25. The summed E-state index contributed by atoms with van der Waals surface area (Å²) >= 11 is 1.88. The van der Waals surface area contributed by atoms with Crippen LogP contribution in [0.1, 0.15) is 49.7 Å². The van der Waals surface area contributed by atoms with Crippen molar-refractivity contribution in [2.75, 3.05) is 4.90 Å². The quantitative estimate of drug-likeness (QED) is 0.185. The lowest BCUT2D eigenvalue weighted by atomic mass is 9.69. The van der Waals surface area contributed by atoms with Gasteiger partial charge in [-0.2, -0.15) is 0 Å². The van der Waals surface area contributed by atoms with E-state index in [1.807, 2.05) is 11.3 Å². The third-order valence-electron chi connectivity index (χ3n) is 9.57. The number of anilines is 3. The van der Waals surface area contributed by atoms with E-state index in [0.717, 1.165) is 0 Å². The fourth-order valence-corrected chi connectivity index (χ4v) is 8.52. The van der Waals surface area contributed by atoms with E-state index in [1.54, 1.807) is 0 Å². The number of benzene rings is 6. The maximum Gasteiger partial charge on any atom is 0.0476 e. The first-order chi connectivity index (χ1) is 21.3. The second kappa shape index (κ2) is 11.0. The molecule has 43 heavy (non-hydrogen) atoms. The summed E-state index contributed by atoms with van der Waals surface area (Å²) < 4.78 is 2.66. The molecule has 2 heteroatoms. The van der Waals surface area contributed by atoms with Crippen LogP contribution in [-0.2, 0) is 5.41 Å². The Morgan fingerprint density at radius 3 is 1.86 bits per heavy atom. The fraction of sp³-hybridized carbons (Fsp3) is 0.171. The van der Waals surface area contributed by atoms with Gasteiger partial charge in [0, 0.05) is 42.6 Å². The molecule has 1 heterocycles. The van der Waals surface area contributed by atoms with Gasteiger partial charge in [-0.3, -0.25) is 0 Å². The van der Waals surface area contributed by atoms with Crippen molar-refractivity contribution in [2.24, 2.45) is 0 Å². The summed E-state index contributed by atoms with van der Waals surface area (Å²) in [7, 11) is 0. The Labute approximate surface area is 258 Å². The smallest absolute Gasteiger partial charge is 0.0476 e. The van der Waals surface area contributed by atoms with E-state index in [9.17, 15) is 0 Å². The standard InChI is InChI=1S/C41H35NS/c1-2-11-27-41(26-10-1,32-14-4-3-5-15-32)33-19-22-34(23-20-33)42(35-21-18-30-12-6-7-13-31(30)28-35)36-24-25-38-37-16-8-9-17-39(37)43-40(38)29-36/h3-9,12-25,28-29H,1-2,10-11,26-27H2. The second-order valence-corrected chi connectivity index (χ2v) is 13.1. The molecule has 0 unspecified atom stereocenters. The predicted octanol–water partition coefficient (Wildman–Crippen LogP) is 12.3. The van der Waals surface area contributed by atoms with Crippen LogP contribution in [0, 0.1) is 0 Å². The van der Waals surface area contributed by atoms with Crippen molar-refractivity contribution in [3.05, 3.63) is 151 Å². The summed E-state index contributed by atoms with van der Waals surface area (Å²) in [5.41, 5.74) is 6.55. The highest BCUT2D eigenvalue weighted by atomic mass is 32.1. The van der Waals surface area contributed by atoms with Crippen molar-refractivity contribution in [2.45, 2.75) is 43.9 Å². The molecule has 1 fully saturated rings. The highest BCUT2D eigenvalue weighted by Gasteiger charge is 2.34. The lowest BCUT2D eigenvalue weighted by Gasteiger charge is -2.35. The summed E-state index contributed by atoms with van der Waals surface area (Å²) in [6.07, 6.45) is 7.68. The summed E-state index contributed by atoms with van der Waals surface area (Å²) in [5, 5.41) is 5.19. The monoisotopic (exact) mass is 573 g/mol. The van der Waals surface area contributed by atoms with E-state index in [-0.39, 0.29) is 5.41 Å². The molecule has 0 spiro atoms. The number of fused-ring (bicyclic) bond motifs is 4. The zero-order valence-corrected chi connectivity index (χ0v) is 25.2. The van der Waals surface area contributed by atoms with E-state index in [4.69, 9.17) is 0 Å². The molecule has 0 bridgehead atoms.